The van der Waals surface area contributed by atoms with Crippen molar-refractivity contribution in [3.8, 4) is 11.8 Å². The molecule has 8 heteroatoms. The number of rotatable bonds is 5. The first-order chi connectivity index (χ1) is 11.0. The van der Waals surface area contributed by atoms with E-state index in [9.17, 15) is 4.79 Å². The van der Waals surface area contributed by atoms with Gasteiger partial charge in [0, 0.05) is 23.3 Å². The molecule has 1 heterocycles. The molecular weight excluding hydrogens is 357 g/mol. The smallest absolute Gasteiger partial charge is 0.267 e. The first kappa shape index (κ1) is 17.2. The number of nitrogens with one attached hydrogen (secondary N) is 2. The van der Waals surface area contributed by atoms with Crippen LogP contribution in [-0.2, 0) is 4.79 Å². The highest BCUT2D eigenvalue weighted by Crippen LogP contribution is 2.34. The van der Waals surface area contributed by atoms with Crippen LogP contribution in [0.3, 0.4) is 0 Å². The number of nitrogens with zero attached hydrogens (tertiary/aromatic N) is 1. The number of hydrogen-bond donors (Lipinski definition) is 2. The quantitative estimate of drug-likeness (QED) is 0.601. The van der Waals surface area contributed by atoms with Crippen LogP contribution in [0.2, 0.25) is 10.0 Å². The lowest BCUT2D eigenvalue weighted by molar-refractivity contribution is -0.112. The molecule has 0 atom stereocenters. The number of carbonyl (C=O) groups excluding carboxylic acids is 1. The Hall–Kier alpha value is -2.20. The van der Waals surface area contributed by atoms with Crippen molar-refractivity contribution in [3.05, 3.63) is 50.8 Å². The summed E-state index contributed by atoms with van der Waals surface area (Å²) in [7, 11) is 1.45. The Morgan fingerprint density at radius 2 is 2.17 bits per heavy atom. The Kier molecular flexibility index (Phi) is 5.88. The zero-order valence-electron chi connectivity index (χ0n) is 11.9. The second-order valence-corrected chi connectivity index (χ2v) is 5.84. The molecule has 0 spiro atoms. The number of thiophene rings is 1. The molecule has 5 nitrogen and oxygen atoms in total. The van der Waals surface area contributed by atoms with Crippen molar-refractivity contribution in [2.45, 2.75) is 0 Å². The zero-order chi connectivity index (χ0) is 16.8. The van der Waals surface area contributed by atoms with Crippen molar-refractivity contribution in [3.63, 3.8) is 0 Å². The van der Waals surface area contributed by atoms with E-state index in [0.717, 1.165) is 5.69 Å². The molecule has 1 aromatic carbocycles. The Balaban J connectivity index is 2.17. The summed E-state index contributed by atoms with van der Waals surface area (Å²) in [6.45, 7) is 0. The van der Waals surface area contributed by atoms with Gasteiger partial charge in [0.15, 0.2) is 0 Å². The van der Waals surface area contributed by atoms with Gasteiger partial charge in [0.1, 0.15) is 17.4 Å². The largest absolute Gasteiger partial charge is 0.495 e. The normalized spacial score (nSPS) is 10.8. The molecule has 0 aliphatic carbocycles. The van der Waals surface area contributed by atoms with Gasteiger partial charge in [-0.3, -0.25) is 4.79 Å². The second-order valence-electron chi connectivity index (χ2n) is 4.25. The van der Waals surface area contributed by atoms with Crippen molar-refractivity contribution in [2.75, 3.05) is 17.7 Å². The van der Waals surface area contributed by atoms with Crippen molar-refractivity contribution >= 4 is 51.8 Å². The fourth-order valence-corrected chi connectivity index (χ4v) is 2.73. The minimum atomic E-state index is -0.596. The maximum absolute atomic E-state index is 12.2. The summed E-state index contributed by atoms with van der Waals surface area (Å²) in [6.07, 6.45) is 1.33. The molecule has 0 aliphatic heterocycles. The summed E-state index contributed by atoms with van der Waals surface area (Å²) in [4.78, 5) is 12.2. The Morgan fingerprint density at radius 1 is 1.39 bits per heavy atom. The number of methoxy groups -OCH3 is 1. The molecule has 1 amide bonds. The molecular formula is C15H11Cl2N3O2S. The standard InChI is InChI=1S/C15H11Cl2N3O2S/c1-22-14-5-13(11(16)4-12(14)17)20-15(21)9(6-18)7-19-10-2-3-23-8-10/h2-5,7-8,19H,1H3,(H,20,21). The van der Waals surface area contributed by atoms with Crippen LogP contribution in [-0.4, -0.2) is 13.0 Å². The number of anilines is 2. The summed E-state index contributed by atoms with van der Waals surface area (Å²) in [5.41, 5.74) is 0.998. The molecule has 2 N–H and O–H groups in total. The maximum atomic E-state index is 12.2. The summed E-state index contributed by atoms with van der Waals surface area (Å²) in [5, 5.41) is 18.8. The van der Waals surface area contributed by atoms with E-state index >= 15 is 0 Å². The van der Waals surface area contributed by atoms with Crippen LogP contribution < -0.4 is 15.4 Å². The van der Waals surface area contributed by atoms with Crippen LogP contribution in [0.4, 0.5) is 11.4 Å². The number of benzene rings is 1. The van der Waals surface area contributed by atoms with Crippen LogP contribution in [0.25, 0.3) is 0 Å². The molecule has 0 radical (unpaired) electrons. The zero-order valence-corrected chi connectivity index (χ0v) is 14.2. The van der Waals surface area contributed by atoms with E-state index in [1.165, 1.54) is 36.8 Å². The van der Waals surface area contributed by atoms with Crippen molar-refractivity contribution in [1.29, 1.82) is 5.26 Å². The van der Waals surface area contributed by atoms with Crippen molar-refractivity contribution in [2.24, 2.45) is 0 Å². The highest BCUT2D eigenvalue weighted by molar-refractivity contribution is 7.08. The SMILES string of the molecule is COc1cc(NC(=O)C(C#N)=CNc2ccsc2)c(Cl)cc1Cl. The summed E-state index contributed by atoms with van der Waals surface area (Å²) in [5.74, 6) is -0.230. The lowest BCUT2D eigenvalue weighted by atomic mass is 10.2. The molecule has 0 saturated carbocycles. The summed E-state index contributed by atoms with van der Waals surface area (Å²) >= 11 is 13.5. The molecule has 2 rings (SSSR count). The fourth-order valence-electron chi connectivity index (χ4n) is 1.62. The number of ether oxygens (including phenoxy) is 1. The predicted molar refractivity (Wildman–Crippen MR) is 93.3 cm³/mol. The number of carbonyl (C=O) groups is 1. The average molecular weight is 368 g/mol. The van der Waals surface area contributed by atoms with E-state index in [1.54, 1.807) is 0 Å². The lowest BCUT2D eigenvalue weighted by Gasteiger charge is -2.10. The van der Waals surface area contributed by atoms with E-state index in [2.05, 4.69) is 10.6 Å². The molecule has 0 saturated heterocycles. The second kappa shape index (κ2) is 7.88. The van der Waals surface area contributed by atoms with Crippen molar-refractivity contribution in [1.82, 2.24) is 0 Å². The van der Waals surface area contributed by atoms with Gasteiger partial charge in [-0.15, -0.1) is 0 Å². The maximum Gasteiger partial charge on any atom is 0.267 e. The van der Waals surface area contributed by atoms with Gasteiger partial charge in [-0.2, -0.15) is 16.6 Å². The molecule has 0 fully saturated rings. The first-order valence-electron chi connectivity index (χ1n) is 6.28. The monoisotopic (exact) mass is 367 g/mol. The van der Waals surface area contributed by atoms with Crippen LogP contribution >= 0.6 is 34.5 Å². The van der Waals surface area contributed by atoms with Crippen LogP contribution in [0.1, 0.15) is 0 Å². The number of halogens is 2. The molecule has 0 aliphatic rings. The lowest BCUT2D eigenvalue weighted by Crippen LogP contribution is -2.15. The van der Waals surface area contributed by atoms with E-state index < -0.39 is 5.91 Å². The third-order valence-corrected chi connectivity index (χ3v) is 4.05. The predicted octanol–water partition coefficient (Wildman–Crippen LogP) is 4.52. The first-order valence-corrected chi connectivity index (χ1v) is 7.98. The third-order valence-electron chi connectivity index (χ3n) is 2.76. The van der Waals surface area contributed by atoms with E-state index in [4.69, 9.17) is 33.2 Å². The molecule has 118 valence electrons. The van der Waals surface area contributed by atoms with Gasteiger partial charge < -0.3 is 15.4 Å². The van der Waals surface area contributed by atoms with Gasteiger partial charge in [-0.25, -0.2) is 0 Å². The van der Waals surface area contributed by atoms with E-state index in [1.807, 2.05) is 22.9 Å². The summed E-state index contributed by atoms with van der Waals surface area (Å²) < 4.78 is 5.07. The average Bonchev–Trinajstić information content (AvgIpc) is 3.04. The van der Waals surface area contributed by atoms with Crippen LogP contribution in [0.5, 0.6) is 5.75 Å². The third kappa shape index (κ3) is 4.39. The molecule has 23 heavy (non-hydrogen) atoms. The highest BCUT2D eigenvalue weighted by atomic mass is 35.5. The van der Waals surface area contributed by atoms with E-state index in [0.29, 0.717) is 16.5 Å². The number of nitriles is 1. The minimum Gasteiger partial charge on any atom is -0.495 e. The van der Waals surface area contributed by atoms with Gasteiger partial charge in [-0.05, 0) is 17.5 Å². The molecule has 2 aromatic rings. The molecule has 1 aromatic heterocycles. The van der Waals surface area contributed by atoms with Crippen molar-refractivity contribution < 1.29 is 9.53 Å². The number of amides is 1. The van der Waals surface area contributed by atoms with Gasteiger partial charge in [-0.1, -0.05) is 23.2 Å². The Labute approximate surface area is 147 Å². The highest BCUT2D eigenvalue weighted by Gasteiger charge is 2.14. The van der Waals surface area contributed by atoms with Gasteiger partial charge >= 0.3 is 0 Å². The Bertz CT molecular complexity index is 783. The fraction of sp³-hybridized carbons (Fsp3) is 0.0667. The topological polar surface area (TPSA) is 74.1 Å². The van der Waals surface area contributed by atoms with Gasteiger partial charge in [0.25, 0.3) is 5.91 Å². The van der Waals surface area contributed by atoms with Crippen LogP contribution in [0, 0.1) is 11.3 Å². The van der Waals surface area contributed by atoms with E-state index in [-0.39, 0.29) is 10.6 Å². The Morgan fingerprint density at radius 3 is 2.78 bits per heavy atom. The van der Waals surface area contributed by atoms with Gasteiger partial charge in [0.2, 0.25) is 0 Å². The van der Waals surface area contributed by atoms with Crippen LogP contribution in [0.15, 0.2) is 40.7 Å². The number of hydrogen-bond acceptors (Lipinski definition) is 5. The molecule has 0 unspecified atom stereocenters. The summed E-state index contributed by atoms with van der Waals surface area (Å²) in [6, 6.07) is 6.61. The molecule has 0 bridgehead atoms. The minimum absolute atomic E-state index is 0.0961. The van der Waals surface area contributed by atoms with Gasteiger partial charge in [0.05, 0.1) is 22.8 Å².